The quantitative estimate of drug-likeness (QED) is 0.175. The monoisotopic (exact) mass is 618 g/mol. The highest BCUT2D eigenvalue weighted by Crippen LogP contribution is 2.45. The number of alkyl halides is 2. The molecule has 0 unspecified atom stereocenters. The van der Waals surface area contributed by atoms with Crippen molar-refractivity contribution >= 4 is 0 Å². The van der Waals surface area contributed by atoms with E-state index < -0.39 is 17.8 Å². The lowest BCUT2D eigenvalue weighted by molar-refractivity contribution is -0.229. The molecule has 0 bridgehead atoms. The van der Waals surface area contributed by atoms with E-state index in [1.165, 1.54) is 37.8 Å². The fourth-order valence-electron chi connectivity index (χ4n) is 7.58. The van der Waals surface area contributed by atoms with Crippen molar-refractivity contribution in [2.24, 2.45) is 17.8 Å². The van der Waals surface area contributed by atoms with E-state index in [1.54, 1.807) is 6.07 Å². The van der Waals surface area contributed by atoms with E-state index >= 15 is 13.2 Å². The topological polar surface area (TPSA) is 27.7 Å². The second kappa shape index (κ2) is 15.4. The van der Waals surface area contributed by atoms with Crippen molar-refractivity contribution in [3.05, 3.63) is 64.7 Å². The summed E-state index contributed by atoms with van der Waals surface area (Å²) in [5, 5.41) is 0. The summed E-state index contributed by atoms with van der Waals surface area (Å²) >= 11 is 0. The Morgan fingerprint density at radius 2 is 1.48 bits per heavy atom. The minimum atomic E-state index is -3.41. The van der Waals surface area contributed by atoms with Crippen molar-refractivity contribution in [2.45, 2.75) is 128 Å². The lowest BCUT2D eigenvalue weighted by Crippen LogP contribution is -2.38. The SMILES string of the molecule is CCCCCC1COC(C2CCC(c3ccc(C4CCC(C(F)(F)Oc5ccc(CCC)c(F)c5)CC4)c(F)c3)CC2)OC1. The molecule has 3 aliphatic rings. The van der Waals surface area contributed by atoms with Gasteiger partial charge in [-0.25, -0.2) is 8.78 Å². The van der Waals surface area contributed by atoms with Gasteiger partial charge in [-0.2, -0.15) is 8.78 Å². The van der Waals surface area contributed by atoms with Crippen molar-refractivity contribution in [3.63, 3.8) is 0 Å². The van der Waals surface area contributed by atoms with Crippen LogP contribution in [0.1, 0.15) is 126 Å². The Labute approximate surface area is 261 Å². The Morgan fingerprint density at radius 3 is 2.11 bits per heavy atom. The zero-order chi connectivity index (χ0) is 31.1. The van der Waals surface area contributed by atoms with Gasteiger partial charge in [0.15, 0.2) is 6.29 Å². The van der Waals surface area contributed by atoms with Gasteiger partial charge in [-0.15, -0.1) is 0 Å². The van der Waals surface area contributed by atoms with Crippen LogP contribution in [0.25, 0.3) is 0 Å². The summed E-state index contributed by atoms with van der Waals surface area (Å²) in [4.78, 5) is 0. The number of rotatable bonds is 12. The molecule has 3 nitrogen and oxygen atoms in total. The molecule has 7 heteroatoms. The molecule has 2 aliphatic carbocycles. The van der Waals surface area contributed by atoms with Gasteiger partial charge in [0.05, 0.1) is 19.1 Å². The first-order chi connectivity index (χ1) is 21.3. The number of benzene rings is 2. The molecule has 0 atom stereocenters. The Kier molecular flexibility index (Phi) is 11.7. The third kappa shape index (κ3) is 8.37. The van der Waals surface area contributed by atoms with Crippen LogP contribution in [0.15, 0.2) is 36.4 Å². The van der Waals surface area contributed by atoms with Crippen molar-refractivity contribution in [3.8, 4) is 5.75 Å². The number of hydrogen-bond donors (Lipinski definition) is 0. The highest BCUT2D eigenvalue weighted by atomic mass is 19.3. The van der Waals surface area contributed by atoms with Crippen LogP contribution in [-0.2, 0) is 15.9 Å². The second-order valence-corrected chi connectivity index (χ2v) is 13.5. The predicted octanol–water partition coefficient (Wildman–Crippen LogP) is 10.7. The molecule has 0 amide bonds. The number of unbranched alkanes of at least 4 members (excludes halogenated alkanes) is 2. The number of aryl methyl sites for hydroxylation is 1. The van der Waals surface area contributed by atoms with Crippen molar-refractivity contribution < 1.29 is 31.8 Å². The molecular weight excluding hydrogens is 568 g/mol. The molecule has 2 aromatic rings. The van der Waals surface area contributed by atoms with Gasteiger partial charge < -0.3 is 14.2 Å². The van der Waals surface area contributed by atoms with Crippen molar-refractivity contribution in [1.29, 1.82) is 0 Å². The van der Waals surface area contributed by atoms with Crippen LogP contribution in [0.5, 0.6) is 5.75 Å². The maximum Gasteiger partial charge on any atom is 0.400 e. The van der Waals surface area contributed by atoms with E-state index in [-0.39, 0.29) is 36.6 Å². The lowest BCUT2D eigenvalue weighted by Gasteiger charge is -2.38. The molecule has 1 heterocycles. The van der Waals surface area contributed by atoms with Crippen LogP contribution in [0.3, 0.4) is 0 Å². The van der Waals surface area contributed by atoms with E-state index in [2.05, 4.69) is 6.92 Å². The first-order valence-electron chi connectivity index (χ1n) is 17.1. The Bertz CT molecular complexity index is 1180. The normalized spacial score (nSPS) is 28.1. The number of hydrogen-bond acceptors (Lipinski definition) is 3. The van der Waals surface area contributed by atoms with Gasteiger partial charge in [0, 0.05) is 17.9 Å². The predicted molar refractivity (Wildman–Crippen MR) is 165 cm³/mol. The molecule has 5 rings (SSSR count). The van der Waals surface area contributed by atoms with Crippen LogP contribution in [0.4, 0.5) is 17.6 Å². The largest absolute Gasteiger partial charge is 0.432 e. The van der Waals surface area contributed by atoms with E-state index in [4.69, 9.17) is 14.2 Å². The standard InChI is InChI=1S/C37H50F4O3/c1-3-5-6-8-25-23-42-36(43-24-25)29-11-9-26(10-12-29)30-16-20-33(35(39)21-30)27-13-17-31(18-14-27)37(40,41)44-32-19-15-28(7-4-2)34(38)22-32/h15-16,19-22,25-27,29,31,36H,3-14,17-18,23-24H2,1-2H3. The maximum absolute atomic E-state index is 15.4. The Hall–Kier alpha value is -2.12. The van der Waals surface area contributed by atoms with Crippen LogP contribution < -0.4 is 4.74 Å². The summed E-state index contributed by atoms with van der Waals surface area (Å²) in [5.41, 5.74) is 2.15. The van der Waals surface area contributed by atoms with Gasteiger partial charge in [-0.3, -0.25) is 0 Å². The molecule has 3 fully saturated rings. The summed E-state index contributed by atoms with van der Waals surface area (Å²) in [6.07, 6.45) is 8.08. The van der Waals surface area contributed by atoms with E-state index in [0.717, 1.165) is 56.9 Å². The highest BCUT2D eigenvalue weighted by Gasteiger charge is 2.44. The fraction of sp³-hybridized carbons (Fsp3) is 0.676. The van der Waals surface area contributed by atoms with Crippen LogP contribution in [0, 0.1) is 29.4 Å². The van der Waals surface area contributed by atoms with Crippen molar-refractivity contribution in [2.75, 3.05) is 13.2 Å². The first kappa shape index (κ1) is 33.2. The Morgan fingerprint density at radius 1 is 0.773 bits per heavy atom. The minimum absolute atomic E-state index is 0.0935. The molecule has 244 valence electrons. The van der Waals surface area contributed by atoms with E-state index in [1.807, 2.05) is 19.1 Å². The second-order valence-electron chi connectivity index (χ2n) is 13.5. The fourth-order valence-corrected chi connectivity index (χ4v) is 7.58. The van der Waals surface area contributed by atoms with Crippen LogP contribution >= 0.6 is 0 Å². The molecule has 1 saturated heterocycles. The summed E-state index contributed by atoms with van der Waals surface area (Å²) in [7, 11) is 0. The third-order valence-electron chi connectivity index (χ3n) is 10.3. The average Bonchev–Trinajstić information content (AvgIpc) is 3.03. The molecule has 0 N–H and O–H groups in total. The molecule has 44 heavy (non-hydrogen) atoms. The maximum atomic E-state index is 15.4. The van der Waals surface area contributed by atoms with Gasteiger partial charge in [0.2, 0.25) is 0 Å². The highest BCUT2D eigenvalue weighted by molar-refractivity contribution is 5.31. The summed E-state index contributed by atoms with van der Waals surface area (Å²) in [6, 6.07) is 9.58. The zero-order valence-electron chi connectivity index (χ0n) is 26.5. The van der Waals surface area contributed by atoms with Gasteiger partial charge in [-0.05, 0) is 105 Å². The minimum Gasteiger partial charge on any atom is -0.432 e. The Balaban J connectivity index is 1.08. The first-order valence-corrected chi connectivity index (χ1v) is 17.1. The number of halogens is 4. The van der Waals surface area contributed by atoms with Crippen LogP contribution in [0.2, 0.25) is 0 Å². The molecule has 0 radical (unpaired) electrons. The molecule has 0 aromatic heterocycles. The van der Waals surface area contributed by atoms with Crippen molar-refractivity contribution in [1.82, 2.24) is 0 Å². The van der Waals surface area contributed by atoms with Crippen LogP contribution in [-0.4, -0.2) is 25.6 Å². The molecule has 2 saturated carbocycles. The van der Waals surface area contributed by atoms with E-state index in [0.29, 0.717) is 48.1 Å². The zero-order valence-corrected chi connectivity index (χ0v) is 26.5. The summed E-state index contributed by atoms with van der Waals surface area (Å²) < 4.78 is 77.0. The van der Waals surface area contributed by atoms with E-state index in [9.17, 15) is 4.39 Å². The molecular formula is C37H50F4O3. The molecule has 0 spiro atoms. The molecule has 2 aromatic carbocycles. The average molecular weight is 619 g/mol. The lowest BCUT2D eigenvalue weighted by atomic mass is 9.76. The summed E-state index contributed by atoms with van der Waals surface area (Å²) in [6.45, 7) is 5.74. The van der Waals surface area contributed by atoms with Gasteiger partial charge in [-0.1, -0.05) is 57.7 Å². The number of ether oxygens (including phenoxy) is 3. The third-order valence-corrected chi connectivity index (χ3v) is 10.3. The molecule has 1 aliphatic heterocycles. The summed E-state index contributed by atoms with van der Waals surface area (Å²) in [5.74, 6) is -0.773. The smallest absolute Gasteiger partial charge is 0.400 e. The van der Waals surface area contributed by atoms with Gasteiger partial charge in [0.1, 0.15) is 17.4 Å². The van der Waals surface area contributed by atoms with Gasteiger partial charge in [0.25, 0.3) is 0 Å². The van der Waals surface area contributed by atoms with Gasteiger partial charge >= 0.3 is 6.11 Å².